The summed E-state index contributed by atoms with van der Waals surface area (Å²) >= 11 is 1.61. The van der Waals surface area contributed by atoms with E-state index >= 15 is 0 Å². The molecule has 0 spiro atoms. The number of benzene rings is 2. The highest BCUT2D eigenvalue weighted by atomic mass is 32.1. The zero-order chi connectivity index (χ0) is 17.4. The average molecular weight is 350 g/mol. The molecular weight excluding hydrogens is 332 g/mol. The molecule has 0 unspecified atom stereocenters. The number of carbonyl (C=O) groups excluding carboxylic acids is 1. The molecule has 5 heteroatoms. The summed E-state index contributed by atoms with van der Waals surface area (Å²) in [6.07, 6.45) is 0.465. The van der Waals surface area contributed by atoms with Gasteiger partial charge in [-0.25, -0.2) is 4.98 Å². The molecule has 126 valence electrons. The summed E-state index contributed by atoms with van der Waals surface area (Å²) in [5.74, 6) is 0.995. The molecule has 0 aliphatic carbocycles. The number of amides is 1. The van der Waals surface area contributed by atoms with Gasteiger partial charge in [-0.2, -0.15) is 0 Å². The molecule has 0 fully saturated rings. The molecule has 1 aliphatic rings. The van der Waals surface area contributed by atoms with Crippen molar-refractivity contribution < 1.29 is 9.53 Å². The van der Waals surface area contributed by atoms with Crippen LogP contribution in [0.5, 0.6) is 5.75 Å². The van der Waals surface area contributed by atoms with E-state index in [1.54, 1.807) is 16.2 Å². The Morgan fingerprint density at radius 3 is 2.92 bits per heavy atom. The standard InChI is InChI=1S/C20H18N2O2S/c1-3-24-16-6-4-5-14(10-16)20-21-17(12-25-20)13-7-8-18-15(9-13)11-19(23)22(18)2/h4-10,12H,3,11H2,1-2H3. The van der Waals surface area contributed by atoms with E-state index in [1.807, 2.05) is 50.4 Å². The fraction of sp³-hybridized carbons (Fsp3) is 0.200. The number of rotatable bonds is 4. The summed E-state index contributed by atoms with van der Waals surface area (Å²) in [4.78, 5) is 18.3. The van der Waals surface area contributed by atoms with E-state index in [2.05, 4.69) is 11.4 Å². The van der Waals surface area contributed by atoms with Crippen molar-refractivity contribution in [2.45, 2.75) is 13.3 Å². The molecule has 1 amide bonds. The maximum absolute atomic E-state index is 11.9. The third-order valence-electron chi connectivity index (χ3n) is 4.35. The van der Waals surface area contributed by atoms with Crippen LogP contribution < -0.4 is 9.64 Å². The zero-order valence-electron chi connectivity index (χ0n) is 14.2. The van der Waals surface area contributed by atoms with E-state index < -0.39 is 0 Å². The van der Waals surface area contributed by atoms with Crippen molar-refractivity contribution >= 4 is 22.9 Å². The van der Waals surface area contributed by atoms with Gasteiger partial charge in [-0.15, -0.1) is 11.3 Å². The van der Waals surface area contributed by atoms with E-state index in [0.29, 0.717) is 13.0 Å². The normalized spacial score (nSPS) is 13.2. The van der Waals surface area contributed by atoms with Crippen molar-refractivity contribution in [2.24, 2.45) is 0 Å². The first kappa shape index (κ1) is 15.8. The molecule has 0 atom stereocenters. The highest BCUT2D eigenvalue weighted by molar-refractivity contribution is 7.13. The molecule has 0 bridgehead atoms. The predicted molar refractivity (Wildman–Crippen MR) is 101 cm³/mol. The fourth-order valence-corrected chi connectivity index (χ4v) is 3.88. The lowest BCUT2D eigenvalue weighted by atomic mass is 10.1. The van der Waals surface area contributed by atoms with Crippen LogP contribution in [-0.2, 0) is 11.2 Å². The maximum atomic E-state index is 11.9. The summed E-state index contributed by atoms with van der Waals surface area (Å²) in [6, 6.07) is 14.1. The number of carbonyl (C=O) groups is 1. The van der Waals surface area contributed by atoms with Crippen LogP contribution in [0.3, 0.4) is 0 Å². The first-order chi connectivity index (χ1) is 12.2. The summed E-state index contributed by atoms with van der Waals surface area (Å²) in [5.41, 5.74) is 5.10. The Balaban J connectivity index is 1.65. The lowest BCUT2D eigenvalue weighted by Gasteiger charge is -2.09. The Labute approximate surface area is 150 Å². The van der Waals surface area contributed by atoms with Crippen molar-refractivity contribution in [2.75, 3.05) is 18.6 Å². The van der Waals surface area contributed by atoms with Crippen LogP contribution >= 0.6 is 11.3 Å². The third-order valence-corrected chi connectivity index (χ3v) is 5.24. The van der Waals surface area contributed by atoms with Crippen LogP contribution in [0.2, 0.25) is 0 Å². The van der Waals surface area contributed by atoms with Crippen molar-refractivity contribution in [1.29, 1.82) is 0 Å². The minimum atomic E-state index is 0.138. The Hall–Kier alpha value is -2.66. The molecule has 1 aromatic heterocycles. The minimum Gasteiger partial charge on any atom is -0.494 e. The van der Waals surface area contributed by atoms with Gasteiger partial charge in [0.2, 0.25) is 5.91 Å². The summed E-state index contributed by atoms with van der Waals surface area (Å²) in [5, 5.41) is 3.02. The fourth-order valence-electron chi connectivity index (χ4n) is 3.05. The van der Waals surface area contributed by atoms with E-state index in [1.165, 1.54) is 0 Å². The second kappa shape index (κ2) is 6.33. The maximum Gasteiger partial charge on any atom is 0.231 e. The lowest BCUT2D eigenvalue weighted by Crippen LogP contribution is -2.20. The SMILES string of the molecule is CCOc1cccc(-c2nc(-c3ccc4c(c3)CC(=O)N4C)cs2)c1. The van der Waals surface area contributed by atoms with Gasteiger partial charge in [-0.1, -0.05) is 18.2 Å². The topological polar surface area (TPSA) is 42.4 Å². The van der Waals surface area contributed by atoms with Crippen LogP contribution in [-0.4, -0.2) is 24.5 Å². The predicted octanol–water partition coefficient (Wildman–Crippen LogP) is 4.39. The number of likely N-dealkylation sites (N-methyl/N-ethyl adjacent to an activating group) is 1. The molecule has 4 nitrogen and oxygen atoms in total. The molecule has 0 N–H and O–H groups in total. The van der Waals surface area contributed by atoms with Gasteiger partial charge >= 0.3 is 0 Å². The smallest absolute Gasteiger partial charge is 0.231 e. The van der Waals surface area contributed by atoms with E-state index in [0.717, 1.165) is 38.8 Å². The number of anilines is 1. The number of nitrogens with zero attached hydrogens (tertiary/aromatic N) is 2. The Bertz CT molecular complexity index is 948. The van der Waals surface area contributed by atoms with E-state index in [9.17, 15) is 4.79 Å². The van der Waals surface area contributed by atoms with Gasteiger partial charge in [0.05, 0.1) is 18.7 Å². The molecule has 0 saturated carbocycles. The molecule has 25 heavy (non-hydrogen) atoms. The van der Waals surface area contributed by atoms with Crippen LogP contribution in [0, 0.1) is 0 Å². The first-order valence-electron chi connectivity index (χ1n) is 8.24. The molecule has 3 aromatic rings. The van der Waals surface area contributed by atoms with Crippen LogP contribution in [0.15, 0.2) is 47.8 Å². The summed E-state index contributed by atoms with van der Waals surface area (Å²) in [7, 11) is 1.82. The second-order valence-electron chi connectivity index (χ2n) is 5.97. The van der Waals surface area contributed by atoms with Crippen molar-refractivity contribution in [1.82, 2.24) is 4.98 Å². The molecule has 0 saturated heterocycles. The molecule has 1 aliphatic heterocycles. The molecule has 4 rings (SSSR count). The van der Waals surface area contributed by atoms with Crippen LogP contribution in [0.1, 0.15) is 12.5 Å². The molecular formula is C20H18N2O2S. The van der Waals surface area contributed by atoms with E-state index in [4.69, 9.17) is 9.72 Å². The molecule has 2 aromatic carbocycles. The Kier molecular flexibility index (Phi) is 4.01. The molecule has 0 radical (unpaired) electrons. The highest BCUT2D eigenvalue weighted by Gasteiger charge is 2.24. The van der Waals surface area contributed by atoms with E-state index in [-0.39, 0.29) is 5.91 Å². The van der Waals surface area contributed by atoms with Gasteiger partial charge in [-0.05, 0) is 36.8 Å². The van der Waals surface area contributed by atoms with Crippen molar-refractivity contribution in [3.8, 4) is 27.6 Å². The zero-order valence-corrected chi connectivity index (χ0v) is 15.0. The van der Waals surface area contributed by atoms with Crippen molar-refractivity contribution in [3.63, 3.8) is 0 Å². The van der Waals surface area contributed by atoms with Gasteiger partial charge in [0.1, 0.15) is 10.8 Å². The van der Waals surface area contributed by atoms with Gasteiger partial charge in [0.15, 0.2) is 0 Å². The second-order valence-corrected chi connectivity index (χ2v) is 6.83. The number of aromatic nitrogens is 1. The van der Waals surface area contributed by atoms with Gasteiger partial charge < -0.3 is 9.64 Å². The monoisotopic (exact) mass is 350 g/mol. The van der Waals surface area contributed by atoms with Gasteiger partial charge in [-0.3, -0.25) is 4.79 Å². The van der Waals surface area contributed by atoms with Gasteiger partial charge in [0, 0.05) is 29.2 Å². The van der Waals surface area contributed by atoms with Crippen molar-refractivity contribution in [3.05, 3.63) is 53.4 Å². The summed E-state index contributed by atoms with van der Waals surface area (Å²) in [6.45, 7) is 2.62. The number of thiazole rings is 1. The highest BCUT2D eigenvalue weighted by Crippen LogP contribution is 2.34. The van der Waals surface area contributed by atoms with Crippen LogP contribution in [0.4, 0.5) is 5.69 Å². The number of hydrogen-bond acceptors (Lipinski definition) is 4. The number of ether oxygens (including phenoxy) is 1. The van der Waals surface area contributed by atoms with Crippen LogP contribution in [0.25, 0.3) is 21.8 Å². The third kappa shape index (κ3) is 2.91. The summed E-state index contributed by atoms with van der Waals surface area (Å²) < 4.78 is 5.57. The minimum absolute atomic E-state index is 0.138. The Morgan fingerprint density at radius 2 is 2.08 bits per heavy atom. The quantitative estimate of drug-likeness (QED) is 0.701. The largest absolute Gasteiger partial charge is 0.494 e. The number of hydrogen-bond donors (Lipinski definition) is 0. The first-order valence-corrected chi connectivity index (χ1v) is 9.12. The molecule has 2 heterocycles. The number of fused-ring (bicyclic) bond motifs is 1. The Morgan fingerprint density at radius 1 is 1.20 bits per heavy atom. The average Bonchev–Trinajstić information content (AvgIpc) is 3.21. The van der Waals surface area contributed by atoms with Gasteiger partial charge in [0.25, 0.3) is 0 Å². The lowest BCUT2D eigenvalue weighted by molar-refractivity contribution is -0.117.